The lowest BCUT2D eigenvalue weighted by Gasteiger charge is -2.11. The Kier molecular flexibility index (Phi) is 4.35. The van der Waals surface area contributed by atoms with E-state index in [1.807, 2.05) is 20.3 Å². The van der Waals surface area contributed by atoms with Crippen molar-refractivity contribution in [3.05, 3.63) is 29.8 Å². The van der Waals surface area contributed by atoms with E-state index in [0.717, 1.165) is 6.42 Å². The SMILES string of the molecule is CC[C@H](C)N=Cc1ccc(N(C)C)cc1. The highest BCUT2D eigenvalue weighted by molar-refractivity contribution is 5.80. The molecule has 0 aliphatic heterocycles. The molecule has 0 saturated carbocycles. The summed E-state index contributed by atoms with van der Waals surface area (Å²) in [5.74, 6) is 0. The van der Waals surface area contributed by atoms with Gasteiger partial charge in [0.2, 0.25) is 0 Å². The zero-order valence-corrected chi connectivity index (χ0v) is 10.1. The molecule has 0 aliphatic rings. The molecule has 0 saturated heterocycles. The molecule has 15 heavy (non-hydrogen) atoms. The normalized spacial score (nSPS) is 13.1. The molecule has 1 rings (SSSR count). The summed E-state index contributed by atoms with van der Waals surface area (Å²) in [6, 6.07) is 8.83. The third kappa shape index (κ3) is 3.74. The van der Waals surface area contributed by atoms with Crippen molar-refractivity contribution in [3.8, 4) is 0 Å². The largest absolute Gasteiger partial charge is 0.378 e. The minimum absolute atomic E-state index is 0.415. The third-order valence-corrected chi connectivity index (χ3v) is 2.48. The molecule has 0 heterocycles. The Hall–Kier alpha value is -1.31. The van der Waals surface area contributed by atoms with Crippen molar-refractivity contribution >= 4 is 11.9 Å². The highest BCUT2D eigenvalue weighted by atomic mass is 15.1. The molecule has 1 aromatic rings. The first-order valence-electron chi connectivity index (χ1n) is 5.44. The van der Waals surface area contributed by atoms with Gasteiger partial charge >= 0.3 is 0 Å². The van der Waals surface area contributed by atoms with Gasteiger partial charge in [-0.15, -0.1) is 0 Å². The van der Waals surface area contributed by atoms with Crippen LogP contribution in [0.5, 0.6) is 0 Å². The van der Waals surface area contributed by atoms with Crippen molar-refractivity contribution in [2.45, 2.75) is 26.3 Å². The molecule has 0 radical (unpaired) electrons. The molecule has 0 fully saturated rings. The van der Waals surface area contributed by atoms with Gasteiger partial charge in [0.25, 0.3) is 0 Å². The summed E-state index contributed by atoms with van der Waals surface area (Å²) >= 11 is 0. The second kappa shape index (κ2) is 5.54. The first kappa shape index (κ1) is 11.8. The fourth-order valence-electron chi connectivity index (χ4n) is 1.18. The average molecular weight is 204 g/mol. The van der Waals surface area contributed by atoms with E-state index >= 15 is 0 Å². The Balaban J connectivity index is 2.68. The number of anilines is 1. The molecule has 2 heteroatoms. The lowest BCUT2D eigenvalue weighted by Crippen LogP contribution is -2.08. The minimum Gasteiger partial charge on any atom is -0.378 e. The van der Waals surface area contributed by atoms with Crippen LogP contribution < -0.4 is 4.90 Å². The maximum absolute atomic E-state index is 4.45. The van der Waals surface area contributed by atoms with E-state index < -0.39 is 0 Å². The van der Waals surface area contributed by atoms with E-state index in [1.54, 1.807) is 0 Å². The number of hydrogen-bond acceptors (Lipinski definition) is 2. The zero-order valence-electron chi connectivity index (χ0n) is 10.1. The highest BCUT2D eigenvalue weighted by Gasteiger charge is 1.95. The molecule has 0 N–H and O–H groups in total. The first-order chi connectivity index (χ1) is 7.13. The van der Waals surface area contributed by atoms with Crippen LogP contribution in [0.25, 0.3) is 0 Å². The van der Waals surface area contributed by atoms with Crippen LogP contribution in [-0.4, -0.2) is 26.4 Å². The van der Waals surface area contributed by atoms with E-state index in [4.69, 9.17) is 0 Å². The van der Waals surface area contributed by atoms with Crippen LogP contribution in [0.4, 0.5) is 5.69 Å². The zero-order chi connectivity index (χ0) is 11.3. The van der Waals surface area contributed by atoms with Crippen LogP contribution in [0, 0.1) is 0 Å². The van der Waals surface area contributed by atoms with Crippen LogP contribution in [0.3, 0.4) is 0 Å². The number of nitrogens with zero attached hydrogens (tertiary/aromatic N) is 2. The Morgan fingerprint density at radius 1 is 1.27 bits per heavy atom. The highest BCUT2D eigenvalue weighted by Crippen LogP contribution is 2.11. The number of aliphatic imine (C=N–C) groups is 1. The Bertz CT molecular complexity index is 312. The van der Waals surface area contributed by atoms with Crippen molar-refractivity contribution in [2.24, 2.45) is 4.99 Å². The van der Waals surface area contributed by atoms with Gasteiger partial charge in [-0.2, -0.15) is 0 Å². The minimum atomic E-state index is 0.415. The molecule has 0 aromatic heterocycles. The molecular weight excluding hydrogens is 184 g/mol. The number of hydrogen-bond donors (Lipinski definition) is 0. The van der Waals surface area contributed by atoms with Gasteiger partial charge in [-0.25, -0.2) is 0 Å². The molecule has 0 spiro atoms. The van der Waals surface area contributed by atoms with Crippen LogP contribution >= 0.6 is 0 Å². The van der Waals surface area contributed by atoms with E-state index in [-0.39, 0.29) is 0 Å². The van der Waals surface area contributed by atoms with Crippen molar-refractivity contribution in [2.75, 3.05) is 19.0 Å². The van der Waals surface area contributed by atoms with E-state index in [1.165, 1.54) is 11.3 Å². The second-order valence-electron chi connectivity index (χ2n) is 4.02. The quantitative estimate of drug-likeness (QED) is 0.688. The summed E-state index contributed by atoms with van der Waals surface area (Å²) in [5.41, 5.74) is 2.39. The summed E-state index contributed by atoms with van der Waals surface area (Å²) in [4.78, 5) is 6.54. The molecule has 0 amide bonds. The predicted octanol–water partition coefficient (Wildman–Crippen LogP) is 2.97. The summed E-state index contributed by atoms with van der Waals surface area (Å²) in [6.45, 7) is 4.28. The maximum Gasteiger partial charge on any atom is 0.0469 e. The third-order valence-electron chi connectivity index (χ3n) is 2.48. The van der Waals surface area contributed by atoms with E-state index in [9.17, 15) is 0 Å². The monoisotopic (exact) mass is 204 g/mol. The molecule has 82 valence electrons. The Morgan fingerprint density at radius 3 is 2.33 bits per heavy atom. The topological polar surface area (TPSA) is 15.6 Å². The van der Waals surface area contributed by atoms with Gasteiger partial charge in [-0.3, -0.25) is 4.99 Å². The number of rotatable bonds is 4. The van der Waals surface area contributed by atoms with Gasteiger partial charge in [0.1, 0.15) is 0 Å². The van der Waals surface area contributed by atoms with E-state index in [0.29, 0.717) is 6.04 Å². The van der Waals surface area contributed by atoms with Crippen LogP contribution in [0.1, 0.15) is 25.8 Å². The van der Waals surface area contributed by atoms with Crippen LogP contribution in [-0.2, 0) is 0 Å². The van der Waals surface area contributed by atoms with Crippen molar-refractivity contribution in [1.29, 1.82) is 0 Å². The van der Waals surface area contributed by atoms with Crippen molar-refractivity contribution < 1.29 is 0 Å². The Labute approximate surface area is 92.6 Å². The fraction of sp³-hybridized carbons (Fsp3) is 0.462. The van der Waals surface area contributed by atoms with Crippen LogP contribution in [0.2, 0.25) is 0 Å². The summed E-state index contributed by atoms with van der Waals surface area (Å²) in [5, 5.41) is 0. The molecule has 1 aromatic carbocycles. The standard InChI is InChI=1S/C13H20N2/c1-5-11(2)14-10-12-6-8-13(9-7-12)15(3)4/h6-11H,5H2,1-4H3/t11-/m0/s1. The van der Waals surface area contributed by atoms with Crippen LogP contribution in [0.15, 0.2) is 29.3 Å². The summed E-state index contributed by atoms with van der Waals surface area (Å²) in [6.07, 6.45) is 3.04. The molecular formula is C13H20N2. The van der Waals surface area contributed by atoms with Gasteiger partial charge in [-0.05, 0) is 31.0 Å². The lowest BCUT2D eigenvalue weighted by molar-refractivity contribution is 0.720. The smallest absolute Gasteiger partial charge is 0.0469 e. The lowest BCUT2D eigenvalue weighted by atomic mass is 10.2. The van der Waals surface area contributed by atoms with E-state index in [2.05, 4.69) is 48.0 Å². The molecule has 1 atom stereocenters. The van der Waals surface area contributed by atoms with Crippen molar-refractivity contribution in [1.82, 2.24) is 0 Å². The number of benzene rings is 1. The molecule has 0 bridgehead atoms. The molecule has 2 nitrogen and oxygen atoms in total. The Morgan fingerprint density at radius 2 is 1.87 bits per heavy atom. The van der Waals surface area contributed by atoms with Gasteiger partial charge in [0.15, 0.2) is 0 Å². The summed E-state index contributed by atoms with van der Waals surface area (Å²) < 4.78 is 0. The second-order valence-corrected chi connectivity index (χ2v) is 4.02. The maximum atomic E-state index is 4.45. The fourth-order valence-corrected chi connectivity index (χ4v) is 1.18. The summed E-state index contributed by atoms with van der Waals surface area (Å²) in [7, 11) is 4.09. The van der Waals surface area contributed by atoms with Gasteiger partial charge in [0.05, 0.1) is 0 Å². The first-order valence-corrected chi connectivity index (χ1v) is 5.44. The average Bonchev–Trinajstić information content (AvgIpc) is 2.26. The molecule has 0 aliphatic carbocycles. The van der Waals surface area contributed by atoms with Gasteiger partial charge < -0.3 is 4.90 Å². The van der Waals surface area contributed by atoms with Gasteiger partial charge in [-0.1, -0.05) is 19.1 Å². The predicted molar refractivity (Wildman–Crippen MR) is 68.1 cm³/mol. The molecule has 0 unspecified atom stereocenters. The van der Waals surface area contributed by atoms with Gasteiger partial charge in [0, 0.05) is 32.0 Å². The van der Waals surface area contributed by atoms with Crippen molar-refractivity contribution in [3.63, 3.8) is 0 Å².